The van der Waals surface area contributed by atoms with Crippen LogP contribution in [0.25, 0.3) is 11.2 Å². The van der Waals surface area contributed by atoms with Gasteiger partial charge in [0.15, 0.2) is 30.1 Å². The number of ketones is 1. The number of alkyl halides is 1. The number of anilines is 1. The molecule has 4 aliphatic rings. The van der Waals surface area contributed by atoms with Crippen LogP contribution < -0.4 is 5.73 Å². The SMILES string of the molecule is [B]P1(=O)OC[C@H]2O[C@@H](n3cnc4c(N)ncnc43)C(F)[C@H]2OP([B])(=O)OC[C@H]2O[C@@H](n3cnc4c3C=NCC4=O)[C@@H](OC)C2O1. The highest BCUT2D eigenvalue weighted by Crippen LogP contribution is 2.54. The molecule has 4 unspecified atom stereocenters. The van der Waals surface area contributed by atoms with E-state index in [1.54, 1.807) is 0 Å². The first-order chi connectivity index (χ1) is 21.5. The molecular weight excluding hydrogens is 639 g/mol. The van der Waals surface area contributed by atoms with E-state index in [4.69, 9.17) is 53.2 Å². The lowest BCUT2D eigenvalue weighted by molar-refractivity contribution is -0.0605. The van der Waals surface area contributed by atoms with Crippen LogP contribution in [-0.4, -0.2) is 120 Å². The molecule has 0 amide bonds. The van der Waals surface area contributed by atoms with Gasteiger partial charge >= 0.3 is 0 Å². The normalized spacial score (nSPS) is 38.8. The maximum Gasteiger partial charge on any atom is 0.264 e. The van der Waals surface area contributed by atoms with E-state index in [2.05, 4.69) is 24.9 Å². The van der Waals surface area contributed by atoms with Gasteiger partial charge in [-0.25, -0.2) is 24.3 Å². The number of Topliss-reactive ketones (excluding diaryl/α,β-unsaturated/α-hetero) is 1. The number of nitrogens with zero attached hydrogens (tertiary/aromatic N) is 7. The second-order valence-corrected chi connectivity index (χ2v) is 13.5. The number of hydrogen-bond donors (Lipinski definition) is 1. The molecule has 0 spiro atoms. The number of ether oxygens (including phenoxy) is 3. The van der Waals surface area contributed by atoms with E-state index in [9.17, 15) is 13.9 Å². The van der Waals surface area contributed by atoms with Gasteiger partial charge in [0.25, 0.3) is 14.9 Å². The van der Waals surface area contributed by atoms with Gasteiger partial charge in [-0.3, -0.25) is 28.1 Å². The highest BCUT2D eigenvalue weighted by atomic mass is 31.2. The number of rotatable bonds is 3. The van der Waals surface area contributed by atoms with Crippen molar-refractivity contribution in [1.29, 1.82) is 0 Å². The van der Waals surface area contributed by atoms with E-state index in [0.29, 0.717) is 5.69 Å². The van der Waals surface area contributed by atoms with Crippen molar-refractivity contribution in [3.05, 3.63) is 30.4 Å². The van der Waals surface area contributed by atoms with Crippen LogP contribution in [0.3, 0.4) is 0 Å². The summed E-state index contributed by atoms with van der Waals surface area (Å²) < 4.78 is 85.2. The molecule has 10 atom stereocenters. The van der Waals surface area contributed by atoms with E-state index in [-0.39, 0.29) is 35.0 Å². The van der Waals surface area contributed by atoms with Crippen molar-refractivity contribution in [3.8, 4) is 0 Å². The first kappa shape index (κ1) is 30.8. The smallest absolute Gasteiger partial charge is 0.264 e. The number of carbonyl (C=O) groups excluding carboxylic acids is 1. The van der Waals surface area contributed by atoms with Crippen LogP contribution in [-0.2, 0) is 41.4 Å². The standard InChI is InChI=1S/C22H23B2FN8O10P2/c1-37-18-17-12(41-22(18)32-7-30-14-9(32)2-27-3-10(14)34)5-39-44(23,35)42-16-11(4-38-45(24,36)43-17)40-21(13(16)25)33-8-31-15-19(26)28-6-29-20(15)33/h2,6-8,11-13,16-18,21-22H,3-5H2,1H3,(H2,26,28,29)/t11-,12-,13?,16+,17?,18+,21-,22-,44?,45?/m1/s1. The van der Waals surface area contributed by atoms with Crippen LogP contribution in [0.1, 0.15) is 28.6 Å². The highest BCUT2D eigenvalue weighted by Gasteiger charge is 2.53. The number of aromatic nitrogens is 6. The molecule has 2 N–H and O–H groups in total. The van der Waals surface area contributed by atoms with Crippen LogP contribution in [0, 0.1) is 0 Å². The summed E-state index contributed by atoms with van der Waals surface area (Å²) in [6.07, 6.45) is -5.81. The quantitative estimate of drug-likeness (QED) is 0.298. The second kappa shape index (κ2) is 11.4. The molecule has 23 heteroatoms. The topological polar surface area (TPSA) is 216 Å². The molecule has 7 heterocycles. The van der Waals surface area contributed by atoms with Gasteiger partial charge in [-0.2, -0.15) is 0 Å². The summed E-state index contributed by atoms with van der Waals surface area (Å²) in [5.74, 6) is -0.247. The van der Waals surface area contributed by atoms with Gasteiger partial charge in [0.1, 0.15) is 54.6 Å². The average Bonchev–Trinajstić information content (AvgIpc) is 3.75. The minimum Gasteiger partial charge on any atom is -0.382 e. The summed E-state index contributed by atoms with van der Waals surface area (Å²) in [4.78, 5) is 32.5. The monoisotopic (exact) mass is 662 g/mol. The molecular formula is C22H23B2FN8O10P2. The zero-order valence-electron chi connectivity index (χ0n) is 23.3. The Labute approximate surface area is 255 Å². The summed E-state index contributed by atoms with van der Waals surface area (Å²) in [6.45, 7) is -1.27. The van der Waals surface area contributed by atoms with E-state index >= 15 is 4.39 Å². The molecule has 0 bridgehead atoms. The van der Waals surface area contributed by atoms with Gasteiger partial charge in [-0.05, 0) is 0 Å². The van der Waals surface area contributed by atoms with Crippen molar-refractivity contribution in [2.45, 2.75) is 49.1 Å². The lowest BCUT2D eigenvalue weighted by Crippen LogP contribution is -2.39. The maximum absolute atomic E-state index is 16.0. The summed E-state index contributed by atoms with van der Waals surface area (Å²) in [6, 6.07) is 0. The number of halogens is 1. The maximum atomic E-state index is 16.0. The van der Waals surface area contributed by atoms with E-state index in [1.807, 2.05) is 0 Å². The molecule has 3 fully saturated rings. The number of hydrogen-bond acceptors (Lipinski definition) is 16. The summed E-state index contributed by atoms with van der Waals surface area (Å²) in [5, 5.41) is 0. The van der Waals surface area contributed by atoms with Crippen molar-refractivity contribution in [3.63, 3.8) is 0 Å². The Hall–Kier alpha value is -2.86. The molecule has 0 aromatic carbocycles. The fourth-order valence-electron chi connectivity index (χ4n) is 5.64. The van der Waals surface area contributed by atoms with Crippen LogP contribution in [0.4, 0.5) is 10.2 Å². The molecule has 3 aromatic heterocycles. The third-order valence-electron chi connectivity index (χ3n) is 7.68. The van der Waals surface area contributed by atoms with Crippen LogP contribution in [0.5, 0.6) is 0 Å². The number of imidazole rings is 2. The van der Waals surface area contributed by atoms with Crippen LogP contribution in [0.2, 0.25) is 0 Å². The fourth-order valence-corrected chi connectivity index (χ4v) is 7.66. The molecule has 3 aromatic rings. The van der Waals surface area contributed by atoms with Gasteiger partial charge in [-0.1, -0.05) is 0 Å². The first-order valence-corrected chi connectivity index (χ1v) is 16.6. The number of nitrogens with two attached hydrogens (primary N) is 1. The van der Waals surface area contributed by atoms with E-state index in [1.165, 1.54) is 35.1 Å². The largest absolute Gasteiger partial charge is 0.382 e. The van der Waals surface area contributed by atoms with Crippen molar-refractivity contribution in [2.24, 2.45) is 4.99 Å². The Morgan fingerprint density at radius 2 is 1.64 bits per heavy atom. The Morgan fingerprint density at radius 3 is 2.38 bits per heavy atom. The molecule has 3 saturated heterocycles. The summed E-state index contributed by atoms with van der Waals surface area (Å²) in [7, 11) is 4.23. The van der Waals surface area contributed by atoms with Gasteiger partial charge in [0.05, 0.1) is 31.6 Å². The lowest BCUT2D eigenvalue weighted by atomic mass is 10.1. The van der Waals surface area contributed by atoms with Crippen molar-refractivity contribution < 1.29 is 50.6 Å². The Morgan fingerprint density at radius 1 is 0.978 bits per heavy atom. The number of carbonyl (C=O) groups is 1. The van der Waals surface area contributed by atoms with Gasteiger partial charge < -0.3 is 38.0 Å². The Balaban J connectivity index is 1.17. The zero-order valence-corrected chi connectivity index (χ0v) is 25.1. The predicted octanol–water partition coefficient (Wildman–Crippen LogP) is 0.439. The molecule has 4 radical (unpaired) electrons. The predicted molar refractivity (Wildman–Crippen MR) is 151 cm³/mol. The second-order valence-electron chi connectivity index (χ2n) is 10.4. The minimum atomic E-state index is -4.53. The zero-order chi connectivity index (χ0) is 31.7. The number of methoxy groups -OCH3 is 1. The van der Waals surface area contributed by atoms with Crippen molar-refractivity contribution in [1.82, 2.24) is 29.1 Å². The first-order valence-electron chi connectivity index (χ1n) is 13.4. The third kappa shape index (κ3) is 5.49. The van der Waals surface area contributed by atoms with Crippen LogP contribution in [0.15, 0.2) is 24.0 Å². The molecule has 7 rings (SSSR count). The van der Waals surface area contributed by atoms with Gasteiger partial charge in [0, 0.05) is 13.3 Å². The molecule has 18 nitrogen and oxygen atoms in total. The third-order valence-corrected chi connectivity index (χ3v) is 9.77. The Kier molecular flexibility index (Phi) is 7.82. The summed E-state index contributed by atoms with van der Waals surface area (Å²) in [5.41, 5.74) is 6.69. The highest BCUT2D eigenvalue weighted by molar-refractivity contribution is 7.79. The lowest BCUT2D eigenvalue weighted by Gasteiger charge is -2.30. The number of fused-ring (bicyclic) bond motifs is 4. The number of aliphatic imine (C=N–C) groups is 1. The van der Waals surface area contributed by atoms with E-state index in [0.717, 1.165) is 6.33 Å². The average molecular weight is 662 g/mol. The van der Waals surface area contributed by atoms with Gasteiger partial charge in [0.2, 0.25) is 20.9 Å². The van der Waals surface area contributed by atoms with Crippen LogP contribution >= 0.6 is 14.9 Å². The van der Waals surface area contributed by atoms with Crippen molar-refractivity contribution in [2.75, 3.05) is 32.6 Å². The van der Waals surface area contributed by atoms with Gasteiger partial charge in [-0.15, -0.1) is 0 Å². The minimum absolute atomic E-state index is 0.0539. The Bertz CT molecular complexity index is 1780. The molecule has 234 valence electrons. The molecule has 4 aliphatic heterocycles. The summed E-state index contributed by atoms with van der Waals surface area (Å²) >= 11 is 0. The van der Waals surface area contributed by atoms with Crippen molar-refractivity contribution >= 4 is 59.1 Å². The van der Waals surface area contributed by atoms with E-state index < -0.39 is 77.3 Å². The molecule has 0 aliphatic carbocycles. The molecule has 0 saturated carbocycles. The molecule has 45 heavy (non-hydrogen) atoms. The fraction of sp³-hybridized carbons (Fsp3) is 0.545. The number of nitrogen functional groups attached to an aromatic ring is 1.